The number of carbonyl (C=O) groups is 1. The lowest BCUT2D eigenvalue weighted by atomic mass is 10.2. The first kappa shape index (κ1) is 12.6. The lowest BCUT2D eigenvalue weighted by Gasteiger charge is -2.04. The lowest BCUT2D eigenvalue weighted by molar-refractivity contribution is 0.0946. The summed E-state index contributed by atoms with van der Waals surface area (Å²) in [7, 11) is 0. The third-order valence-corrected chi connectivity index (χ3v) is 3.21. The standard InChI is InChI=1S/C12H10F2N2OS/c1-7-6-18-11(16-7)5-15-12(17)9-3-2-8(13)4-10(9)14/h2-4,6H,5H2,1H3,(H,15,17). The van der Waals surface area contributed by atoms with Gasteiger partial charge in [0.1, 0.15) is 16.6 Å². The summed E-state index contributed by atoms with van der Waals surface area (Å²) in [6.07, 6.45) is 0. The number of thiazole rings is 1. The molecule has 0 aliphatic rings. The molecule has 0 radical (unpaired) electrons. The van der Waals surface area contributed by atoms with Crippen molar-refractivity contribution in [3.05, 3.63) is 51.5 Å². The number of aryl methyl sites for hydroxylation is 1. The van der Waals surface area contributed by atoms with Crippen LogP contribution in [0.15, 0.2) is 23.6 Å². The van der Waals surface area contributed by atoms with Gasteiger partial charge in [0.05, 0.1) is 12.1 Å². The highest BCUT2D eigenvalue weighted by Crippen LogP contribution is 2.11. The number of hydrogen-bond donors (Lipinski definition) is 1. The Bertz CT molecular complexity index is 583. The molecule has 0 aliphatic carbocycles. The molecule has 2 aromatic rings. The predicted octanol–water partition coefficient (Wildman–Crippen LogP) is 2.66. The summed E-state index contributed by atoms with van der Waals surface area (Å²) in [5.74, 6) is -2.16. The van der Waals surface area contributed by atoms with Crippen LogP contribution in [0, 0.1) is 18.6 Å². The average molecular weight is 268 g/mol. The molecular formula is C12H10F2N2OS. The molecule has 18 heavy (non-hydrogen) atoms. The topological polar surface area (TPSA) is 42.0 Å². The number of hydrogen-bond acceptors (Lipinski definition) is 3. The van der Waals surface area contributed by atoms with E-state index in [1.165, 1.54) is 11.3 Å². The number of nitrogens with one attached hydrogen (secondary N) is 1. The fraction of sp³-hybridized carbons (Fsp3) is 0.167. The van der Waals surface area contributed by atoms with Crippen molar-refractivity contribution in [2.24, 2.45) is 0 Å². The van der Waals surface area contributed by atoms with Gasteiger partial charge >= 0.3 is 0 Å². The normalized spacial score (nSPS) is 10.4. The summed E-state index contributed by atoms with van der Waals surface area (Å²) in [5.41, 5.74) is 0.696. The number of aromatic nitrogens is 1. The first-order chi connectivity index (χ1) is 8.56. The lowest BCUT2D eigenvalue weighted by Crippen LogP contribution is -2.23. The van der Waals surface area contributed by atoms with Crippen LogP contribution in [0.1, 0.15) is 21.1 Å². The third kappa shape index (κ3) is 2.89. The van der Waals surface area contributed by atoms with E-state index in [9.17, 15) is 13.6 Å². The second-order valence-corrected chi connectivity index (χ2v) is 4.63. The van der Waals surface area contributed by atoms with Gasteiger partial charge in [-0.1, -0.05) is 0 Å². The third-order valence-electron chi connectivity index (χ3n) is 2.24. The van der Waals surface area contributed by atoms with Crippen molar-refractivity contribution in [3.8, 4) is 0 Å². The molecular weight excluding hydrogens is 258 g/mol. The van der Waals surface area contributed by atoms with E-state index in [1.54, 1.807) is 0 Å². The molecule has 0 atom stereocenters. The Morgan fingerprint density at radius 1 is 1.44 bits per heavy atom. The number of benzene rings is 1. The van der Waals surface area contributed by atoms with Gasteiger partial charge in [0.2, 0.25) is 0 Å². The summed E-state index contributed by atoms with van der Waals surface area (Å²) >= 11 is 1.41. The number of rotatable bonds is 3. The van der Waals surface area contributed by atoms with Crippen LogP contribution in [-0.4, -0.2) is 10.9 Å². The highest BCUT2D eigenvalue weighted by molar-refractivity contribution is 7.09. The molecule has 1 aromatic heterocycles. The van der Waals surface area contributed by atoms with Gasteiger partial charge in [0.25, 0.3) is 5.91 Å². The average Bonchev–Trinajstić information content (AvgIpc) is 2.72. The molecule has 0 saturated heterocycles. The van der Waals surface area contributed by atoms with E-state index in [2.05, 4.69) is 10.3 Å². The second-order valence-electron chi connectivity index (χ2n) is 3.69. The van der Waals surface area contributed by atoms with E-state index in [1.807, 2.05) is 12.3 Å². The molecule has 6 heteroatoms. The molecule has 1 amide bonds. The fourth-order valence-electron chi connectivity index (χ4n) is 1.41. The maximum absolute atomic E-state index is 13.3. The maximum atomic E-state index is 13.3. The van der Waals surface area contributed by atoms with Gasteiger partial charge in [-0.25, -0.2) is 13.8 Å². The maximum Gasteiger partial charge on any atom is 0.254 e. The summed E-state index contributed by atoms with van der Waals surface area (Å²) in [4.78, 5) is 15.8. The van der Waals surface area contributed by atoms with Gasteiger partial charge in [-0.05, 0) is 19.1 Å². The summed E-state index contributed by atoms with van der Waals surface area (Å²) < 4.78 is 26.0. The van der Waals surface area contributed by atoms with Crippen molar-refractivity contribution in [2.75, 3.05) is 0 Å². The zero-order valence-electron chi connectivity index (χ0n) is 9.54. The summed E-state index contributed by atoms with van der Waals surface area (Å²) in [6.45, 7) is 2.08. The van der Waals surface area contributed by atoms with Crippen molar-refractivity contribution >= 4 is 17.2 Å². The molecule has 0 aliphatic heterocycles. The molecule has 0 unspecified atom stereocenters. The van der Waals surface area contributed by atoms with Crippen LogP contribution in [0.4, 0.5) is 8.78 Å². The van der Waals surface area contributed by atoms with E-state index in [0.717, 1.165) is 22.8 Å². The zero-order chi connectivity index (χ0) is 13.1. The molecule has 0 bridgehead atoms. The number of halogens is 2. The van der Waals surface area contributed by atoms with Crippen LogP contribution >= 0.6 is 11.3 Å². The van der Waals surface area contributed by atoms with Crippen molar-refractivity contribution in [1.82, 2.24) is 10.3 Å². The minimum Gasteiger partial charge on any atom is -0.345 e. The Morgan fingerprint density at radius 3 is 2.83 bits per heavy atom. The number of nitrogens with zero attached hydrogens (tertiary/aromatic N) is 1. The first-order valence-electron chi connectivity index (χ1n) is 5.20. The SMILES string of the molecule is Cc1csc(CNC(=O)c2ccc(F)cc2F)n1. The van der Waals surface area contributed by atoms with Gasteiger partial charge in [-0.2, -0.15) is 0 Å². The van der Waals surface area contributed by atoms with Crippen molar-refractivity contribution in [3.63, 3.8) is 0 Å². The van der Waals surface area contributed by atoms with Gasteiger partial charge in [0.15, 0.2) is 0 Å². The van der Waals surface area contributed by atoms with Crippen LogP contribution in [0.3, 0.4) is 0 Å². The van der Waals surface area contributed by atoms with Gasteiger partial charge < -0.3 is 5.32 Å². The smallest absolute Gasteiger partial charge is 0.254 e. The highest BCUT2D eigenvalue weighted by atomic mass is 32.1. The van der Waals surface area contributed by atoms with Crippen LogP contribution in [0.2, 0.25) is 0 Å². The second kappa shape index (κ2) is 5.22. The molecule has 1 N–H and O–H groups in total. The highest BCUT2D eigenvalue weighted by Gasteiger charge is 2.12. The van der Waals surface area contributed by atoms with Crippen LogP contribution in [0.5, 0.6) is 0 Å². The van der Waals surface area contributed by atoms with Crippen LogP contribution < -0.4 is 5.32 Å². The Morgan fingerprint density at radius 2 is 2.22 bits per heavy atom. The minimum atomic E-state index is -0.872. The van der Waals surface area contributed by atoms with Gasteiger partial charge in [-0.15, -0.1) is 11.3 Å². The molecule has 0 spiro atoms. The molecule has 3 nitrogen and oxygen atoms in total. The van der Waals surface area contributed by atoms with Crippen LogP contribution in [0.25, 0.3) is 0 Å². The Labute approximate surface area is 106 Å². The Hall–Kier alpha value is -1.82. The van der Waals surface area contributed by atoms with E-state index in [-0.39, 0.29) is 12.1 Å². The quantitative estimate of drug-likeness (QED) is 0.929. The summed E-state index contributed by atoms with van der Waals surface area (Å²) in [5, 5.41) is 5.14. The van der Waals surface area contributed by atoms with Gasteiger partial charge in [0, 0.05) is 17.1 Å². The molecule has 2 rings (SSSR count). The molecule has 0 saturated carbocycles. The predicted molar refractivity (Wildman–Crippen MR) is 64.4 cm³/mol. The van der Waals surface area contributed by atoms with E-state index in [4.69, 9.17) is 0 Å². The molecule has 1 heterocycles. The number of amides is 1. The minimum absolute atomic E-state index is 0.176. The Balaban J connectivity index is 2.03. The number of carbonyl (C=O) groups excluding carboxylic acids is 1. The monoisotopic (exact) mass is 268 g/mol. The Kier molecular flexibility index (Phi) is 3.66. The van der Waals surface area contributed by atoms with Crippen LogP contribution in [-0.2, 0) is 6.54 Å². The summed E-state index contributed by atoms with van der Waals surface area (Å²) in [6, 6.07) is 2.85. The fourth-order valence-corrected chi connectivity index (χ4v) is 2.12. The molecule has 94 valence electrons. The first-order valence-corrected chi connectivity index (χ1v) is 6.08. The zero-order valence-corrected chi connectivity index (χ0v) is 10.4. The van der Waals surface area contributed by atoms with E-state index < -0.39 is 17.5 Å². The largest absolute Gasteiger partial charge is 0.345 e. The van der Waals surface area contributed by atoms with Crippen molar-refractivity contribution < 1.29 is 13.6 Å². The van der Waals surface area contributed by atoms with Crippen molar-refractivity contribution in [1.29, 1.82) is 0 Å². The van der Waals surface area contributed by atoms with Gasteiger partial charge in [-0.3, -0.25) is 4.79 Å². The van der Waals surface area contributed by atoms with E-state index in [0.29, 0.717) is 6.07 Å². The molecule has 0 fully saturated rings. The van der Waals surface area contributed by atoms with Crippen molar-refractivity contribution in [2.45, 2.75) is 13.5 Å². The molecule has 1 aromatic carbocycles. The van der Waals surface area contributed by atoms with E-state index >= 15 is 0 Å².